The van der Waals surface area contributed by atoms with E-state index in [1.807, 2.05) is 30.5 Å². The lowest BCUT2D eigenvalue weighted by molar-refractivity contribution is 0.104. The molecule has 0 bridgehead atoms. The number of ketones is 1. The summed E-state index contributed by atoms with van der Waals surface area (Å²) in [6.07, 6.45) is 1.82. The smallest absolute Gasteiger partial charge is 0.193 e. The van der Waals surface area contributed by atoms with Crippen LogP contribution in [0.5, 0.6) is 5.75 Å². The molecule has 0 radical (unpaired) electrons. The molecule has 3 nitrogen and oxygen atoms in total. The number of H-pyrrole nitrogens is 1. The molecule has 3 heteroatoms. The number of rotatable bonds is 2. The summed E-state index contributed by atoms with van der Waals surface area (Å²) in [6, 6.07) is 13.8. The van der Waals surface area contributed by atoms with Crippen LogP contribution in [0.1, 0.15) is 15.9 Å². The maximum absolute atomic E-state index is 12.4. The van der Waals surface area contributed by atoms with Gasteiger partial charge in [-0.05, 0) is 36.4 Å². The Morgan fingerprint density at radius 2 is 1.78 bits per heavy atom. The van der Waals surface area contributed by atoms with Gasteiger partial charge in [0.15, 0.2) is 5.78 Å². The van der Waals surface area contributed by atoms with E-state index < -0.39 is 0 Å². The Balaban J connectivity index is 2.12. The zero-order valence-corrected chi connectivity index (χ0v) is 9.55. The number of nitrogens with one attached hydrogen (secondary N) is 1. The van der Waals surface area contributed by atoms with Crippen LogP contribution in [-0.4, -0.2) is 15.9 Å². The zero-order chi connectivity index (χ0) is 12.5. The maximum atomic E-state index is 12.4. The number of aromatic amines is 1. The van der Waals surface area contributed by atoms with Gasteiger partial charge in [-0.25, -0.2) is 0 Å². The number of hydrogen-bond donors (Lipinski definition) is 2. The minimum atomic E-state index is -0.0415. The highest BCUT2D eigenvalue weighted by atomic mass is 16.3. The molecule has 1 aromatic heterocycles. The number of benzene rings is 2. The van der Waals surface area contributed by atoms with E-state index in [4.69, 9.17) is 0 Å². The van der Waals surface area contributed by atoms with Gasteiger partial charge in [0, 0.05) is 28.2 Å². The molecule has 18 heavy (non-hydrogen) atoms. The van der Waals surface area contributed by atoms with E-state index in [1.165, 1.54) is 12.1 Å². The van der Waals surface area contributed by atoms with Crippen LogP contribution in [0.15, 0.2) is 54.7 Å². The molecule has 0 unspecified atom stereocenters. The van der Waals surface area contributed by atoms with E-state index in [1.54, 1.807) is 12.1 Å². The number of carbonyl (C=O) groups is 1. The van der Waals surface area contributed by atoms with Crippen molar-refractivity contribution >= 4 is 16.7 Å². The Labute approximate surface area is 104 Å². The van der Waals surface area contributed by atoms with Gasteiger partial charge in [0.1, 0.15) is 5.75 Å². The molecule has 3 rings (SSSR count). The molecule has 0 spiro atoms. The summed E-state index contributed by atoms with van der Waals surface area (Å²) in [5, 5.41) is 10.1. The topological polar surface area (TPSA) is 53.1 Å². The molecular formula is C15H11NO2. The fourth-order valence-electron chi connectivity index (χ4n) is 2.05. The van der Waals surface area contributed by atoms with Crippen molar-refractivity contribution in [2.75, 3.05) is 0 Å². The van der Waals surface area contributed by atoms with Gasteiger partial charge >= 0.3 is 0 Å². The van der Waals surface area contributed by atoms with Gasteiger partial charge in [-0.2, -0.15) is 0 Å². The highest BCUT2D eigenvalue weighted by Gasteiger charge is 2.12. The zero-order valence-electron chi connectivity index (χ0n) is 9.55. The largest absolute Gasteiger partial charge is 0.508 e. The van der Waals surface area contributed by atoms with Crippen LogP contribution in [-0.2, 0) is 0 Å². The number of phenolic OH excluding ortho intramolecular Hbond substituents is 1. The molecule has 0 atom stereocenters. The molecule has 0 saturated heterocycles. The van der Waals surface area contributed by atoms with E-state index in [0.717, 1.165) is 10.9 Å². The summed E-state index contributed by atoms with van der Waals surface area (Å²) in [6.45, 7) is 0. The summed E-state index contributed by atoms with van der Waals surface area (Å²) in [5.74, 6) is 0.117. The van der Waals surface area contributed by atoms with Crippen LogP contribution in [0.4, 0.5) is 0 Å². The first kappa shape index (κ1) is 10.6. The summed E-state index contributed by atoms with van der Waals surface area (Å²) in [7, 11) is 0. The normalized spacial score (nSPS) is 10.7. The second kappa shape index (κ2) is 4.04. The molecule has 0 aliphatic carbocycles. The van der Waals surface area contributed by atoms with Gasteiger partial charge in [0.05, 0.1) is 0 Å². The van der Waals surface area contributed by atoms with Gasteiger partial charge in [0.25, 0.3) is 0 Å². The molecular weight excluding hydrogens is 226 g/mol. The van der Waals surface area contributed by atoms with Gasteiger partial charge < -0.3 is 10.1 Å². The molecule has 88 valence electrons. The van der Waals surface area contributed by atoms with Crippen LogP contribution in [0, 0.1) is 0 Å². The van der Waals surface area contributed by atoms with E-state index in [-0.39, 0.29) is 11.5 Å². The fraction of sp³-hybridized carbons (Fsp3) is 0. The van der Waals surface area contributed by atoms with Crippen molar-refractivity contribution in [3.05, 3.63) is 65.9 Å². The fourth-order valence-corrected chi connectivity index (χ4v) is 2.05. The van der Waals surface area contributed by atoms with Crippen molar-refractivity contribution in [2.45, 2.75) is 0 Å². The molecule has 3 aromatic rings. The SMILES string of the molecule is O=C(c1ccc(O)cc1)c1cccc2[nH]ccc12. The third kappa shape index (κ3) is 1.66. The first-order valence-electron chi connectivity index (χ1n) is 5.65. The van der Waals surface area contributed by atoms with Gasteiger partial charge in [-0.15, -0.1) is 0 Å². The highest BCUT2D eigenvalue weighted by molar-refractivity contribution is 6.16. The summed E-state index contributed by atoms with van der Waals surface area (Å²) >= 11 is 0. The first-order chi connectivity index (χ1) is 8.75. The lowest BCUT2D eigenvalue weighted by atomic mass is 10.0. The Hall–Kier alpha value is -2.55. The van der Waals surface area contributed by atoms with Crippen molar-refractivity contribution in [3.8, 4) is 5.75 Å². The van der Waals surface area contributed by atoms with Crippen molar-refractivity contribution < 1.29 is 9.90 Å². The second-order valence-electron chi connectivity index (χ2n) is 4.12. The number of aromatic hydroxyl groups is 1. The molecule has 2 aromatic carbocycles. The van der Waals surface area contributed by atoms with Crippen molar-refractivity contribution in [2.24, 2.45) is 0 Å². The lowest BCUT2D eigenvalue weighted by Gasteiger charge is -2.03. The lowest BCUT2D eigenvalue weighted by Crippen LogP contribution is -2.01. The van der Waals surface area contributed by atoms with E-state index in [2.05, 4.69) is 4.98 Å². The minimum Gasteiger partial charge on any atom is -0.508 e. The Kier molecular flexibility index (Phi) is 2.38. The summed E-state index contributed by atoms with van der Waals surface area (Å²) in [5.41, 5.74) is 2.18. The van der Waals surface area contributed by atoms with Crippen LogP contribution < -0.4 is 0 Å². The molecule has 0 saturated carbocycles. The van der Waals surface area contributed by atoms with Crippen LogP contribution >= 0.6 is 0 Å². The van der Waals surface area contributed by atoms with Crippen LogP contribution in [0.25, 0.3) is 10.9 Å². The molecule has 0 aliphatic rings. The summed E-state index contributed by atoms with van der Waals surface area (Å²) < 4.78 is 0. The molecule has 1 heterocycles. The van der Waals surface area contributed by atoms with E-state index >= 15 is 0 Å². The van der Waals surface area contributed by atoms with Gasteiger partial charge in [0.2, 0.25) is 0 Å². The van der Waals surface area contributed by atoms with Crippen molar-refractivity contribution in [3.63, 3.8) is 0 Å². The van der Waals surface area contributed by atoms with Crippen LogP contribution in [0.2, 0.25) is 0 Å². The van der Waals surface area contributed by atoms with Crippen molar-refractivity contribution in [1.82, 2.24) is 4.98 Å². The van der Waals surface area contributed by atoms with E-state index in [0.29, 0.717) is 11.1 Å². The quantitative estimate of drug-likeness (QED) is 0.673. The second-order valence-corrected chi connectivity index (χ2v) is 4.12. The summed E-state index contributed by atoms with van der Waals surface area (Å²) in [4.78, 5) is 15.5. The Bertz CT molecular complexity index is 711. The average molecular weight is 237 g/mol. The minimum absolute atomic E-state index is 0.0415. The molecule has 0 fully saturated rings. The monoisotopic (exact) mass is 237 g/mol. The van der Waals surface area contributed by atoms with Crippen LogP contribution in [0.3, 0.4) is 0 Å². The molecule has 0 aliphatic heterocycles. The first-order valence-corrected chi connectivity index (χ1v) is 5.65. The highest BCUT2D eigenvalue weighted by Crippen LogP contribution is 2.21. The Morgan fingerprint density at radius 3 is 2.56 bits per heavy atom. The van der Waals surface area contributed by atoms with Gasteiger partial charge in [-0.1, -0.05) is 12.1 Å². The predicted octanol–water partition coefficient (Wildman–Crippen LogP) is 3.10. The number of aromatic nitrogens is 1. The molecule has 2 N–H and O–H groups in total. The number of fused-ring (bicyclic) bond motifs is 1. The third-order valence-electron chi connectivity index (χ3n) is 2.97. The van der Waals surface area contributed by atoms with E-state index in [9.17, 15) is 9.90 Å². The predicted molar refractivity (Wildman–Crippen MR) is 69.8 cm³/mol. The third-order valence-corrected chi connectivity index (χ3v) is 2.97. The molecule has 0 amide bonds. The van der Waals surface area contributed by atoms with Crippen molar-refractivity contribution in [1.29, 1.82) is 0 Å². The maximum Gasteiger partial charge on any atom is 0.193 e. The van der Waals surface area contributed by atoms with Gasteiger partial charge in [-0.3, -0.25) is 4.79 Å². The number of phenols is 1. The number of hydrogen-bond acceptors (Lipinski definition) is 2. The standard InChI is InChI=1S/C15H11NO2/c17-11-6-4-10(5-7-11)15(18)13-2-1-3-14-12(13)8-9-16-14/h1-9,16-17H. The Morgan fingerprint density at radius 1 is 1.00 bits per heavy atom. The number of carbonyl (C=O) groups excluding carboxylic acids is 1. The average Bonchev–Trinajstić information content (AvgIpc) is 2.87.